The molecule has 21 heavy (non-hydrogen) atoms. The van der Waals surface area contributed by atoms with E-state index in [1.54, 1.807) is 54.7 Å². The highest BCUT2D eigenvalue weighted by molar-refractivity contribution is 7.48. The molecule has 1 heterocycles. The molecule has 1 atom stereocenters. The van der Waals surface area contributed by atoms with Gasteiger partial charge in [0.15, 0.2) is 5.75 Å². The molecule has 0 aliphatic rings. The molecule has 0 aliphatic carbocycles. The summed E-state index contributed by atoms with van der Waals surface area (Å²) in [6, 6.07) is 17.1. The highest BCUT2D eigenvalue weighted by Crippen LogP contribution is 2.45. The van der Waals surface area contributed by atoms with Crippen molar-refractivity contribution < 1.29 is 18.5 Å². The van der Waals surface area contributed by atoms with Crippen LogP contribution >= 0.6 is 7.82 Å². The third-order valence-corrected chi connectivity index (χ3v) is 3.64. The molecule has 0 bridgehead atoms. The maximum Gasteiger partial charge on any atom is 0.584 e. The van der Waals surface area contributed by atoms with Gasteiger partial charge in [0.2, 0.25) is 0 Å². The van der Waals surface area contributed by atoms with E-state index < -0.39 is 7.82 Å². The van der Waals surface area contributed by atoms with Crippen molar-refractivity contribution in [2.45, 2.75) is 0 Å². The number of hydrogen-bond donors (Lipinski definition) is 1. The maximum absolute atomic E-state index is 12.1. The highest BCUT2D eigenvalue weighted by atomic mass is 31.2. The summed E-state index contributed by atoms with van der Waals surface area (Å²) in [7, 11) is -4.28. The number of phosphoric acid groups is 1. The van der Waals surface area contributed by atoms with Gasteiger partial charge in [-0.05, 0) is 24.3 Å². The molecule has 106 valence electrons. The molecule has 0 spiro atoms. The lowest BCUT2D eigenvalue weighted by molar-refractivity contribution is 0.292. The first-order valence-corrected chi connectivity index (χ1v) is 7.74. The lowest BCUT2D eigenvalue weighted by Gasteiger charge is -2.14. The number of rotatable bonds is 4. The Kier molecular flexibility index (Phi) is 3.60. The Balaban J connectivity index is 1.89. The van der Waals surface area contributed by atoms with Gasteiger partial charge in [0.1, 0.15) is 11.3 Å². The van der Waals surface area contributed by atoms with Gasteiger partial charge in [-0.15, -0.1) is 0 Å². The van der Waals surface area contributed by atoms with Crippen molar-refractivity contribution in [3.63, 3.8) is 0 Å². The number of aromatic nitrogens is 1. The Morgan fingerprint density at radius 1 is 0.905 bits per heavy atom. The summed E-state index contributed by atoms with van der Waals surface area (Å²) in [5, 5.41) is 0.815. The van der Waals surface area contributed by atoms with Crippen molar-refractivity contribution in [3.8, 4) is 11.5 Å². The fraction of sp³-hybridized carbons (Fsp3) is 0. The van der Waals surface area contributed by atoms with Crippen LogP contribution in [0.15, 0.2) is 66.9 Å². The van der Waals surface area contributed by atoms with E-state index in [0.29, 0.717) is 5.52 Å². The average molecular weight is 301 g/mol. The van der Waals surface area contributed by atoms with Gasteiger partial charge in [0.25, 0.3) is 0 Å². The van der Waals surface area contributed by atoms with Gasteiger partial charge in [0, 0.05) is 11.6 Å². The lowest BCUT2D eigenvalue weighted by atomic mass is 10.2. The summed E-state index contributed by atoms with van der Waals surface area (Å²) in [6.07, 6.45) is 1.59. The molecule has 0 saturated carbocycles. The molecule has 2 aromatic carbocycles. The minimum atomic E-state index is -4.28. The molecule has 6 heteroatoms. The number of benzene rings is 2. The zero-order chi connectivity index (χ0) is 14.7. The van der Waals surface area contributed by atoms with E-state index in [2.05, 4.69) is 4.98 Å². The molecule has 0 amide bonds. The molecule has 1 aromatic heterocycles. The molecular weight excluding hydrogens is 289 g/mol. The minimum Gasteiger partial charge on any atom is -0.395 e. The fourth-order valence-corrected chi connectivity index (χ4v) is 2.73. The summed E-state index contributed by atoms with van der Waals surface area (Å²) in [6.45, 7) is 0. The summed E-state index contributed by atoms with van der Waals surface area (Å²) in [5.41, 5.74) is 0.505. The van der Waals surface area contributed by atoms with Crippen LogP contribution in [0.2, 0.25) is 0 Å². The zero-order valence-electron chi connectivity index (χ0n) is 10.9. The first kappa shape index (κ1) is 13.6. The van der Waals surface area contributed by atoms with Crippen LogP contribution in [-0.4, -0.2) is 9.88 Å². The normalized spacial score (nSPS) is 13.6. The van der Waals surface area contributed by atoms with Crippen LogP contribution in [0.5, 0.6) is 11.5 Å². The van der Waals surface area contributed by atoms with E-state index in [1.807, 2.05) is 12.1 Å². The second-order valence-electron chi connectivity index (χ2n) is 4.30. The second-order valence-corrected chi connectivity index (χ2v) is 5.60. The second kappa shape index (κ2) is 5.56. The van der Waals surface area contributed by atoms with Crippen LogP contribution in [-0.2, 0) is 4.57 Å². The SMILES string of the molecule is O=P(O)(Oc1ccccc1)Oc1cccc2cccnc12. The summed E-state index contributed by atoms with van der Waals surface area (Å²) in [4.78, 5) is 14.0. The van der Waals surface area contributed by atoms with Crippen molar-refractivity contribution in [1.29, 1.82) is 0 Å². The Bertz CT molecular complexity index is 802. The van der Waals surface area contributed by atoms with Gasteiger partial charge < -0.3 is 9.05 Å². The van der Waals surface area contributed by atoms with E-state index in [9.17, 15) is 9.46 Å². The van der Waals surface area contributed by atoms with Crippen LogP contribution in [0.3, 0.4) is 0 Å². The Labute approximate surface area is 121 Å². The zero-order valence-corrected chi connectivity index (χ0v) is 11.8. The van der Waals surface area contributed by atoms with Crippen LogP contribution in [0.1, 0.15) is 0 Å². The van der Waals surface area contributed by atoms with Gasteiger partial charge >= 0.3 is 7.82 Å². The predicted molar refractivity (Wildman–Crippen MR) is 79.3 cm³/mol. The number of para-hydroxylation sites is 2. The molecule has 5 nitrogen and oxygen atoms in total. The third kappa shape index (κ3) is 3.21. The van der Waals surface area contributed by atoms with Crippen LogP contribution in [0.25, 0.3) is 10.9 Å². The van der Waals surface area contributed by atoms with E-state index in [4.69, 9.17) is 9.05 Å². The summed E-state index contributed by atoms with van der Waals surface area (Å²) in [5.74, 6) is 0.464. The largest absolute Gasteiger partial charge is 0.584 e. The highest BCUT2D eigenvalue weighted by Gasteiger charge is 2.26. The first-order chi connectivity index (χ1) is 10.1. The van der Waals surface area contributed by atoms with Crippen molar-refractivity contribution in [1.82, 2.24) is 4.98 Å². The number of phosphoric ester groups is 1. The Hall–Kier alpha value is -2.36. The minimum absolute atomic E-state index is 0.204. The quantitative estimate of drug-likeness (QED) is 0.742. The predicted octanol–water partition coefficient (Wildman–Crippen LogP) is 3.79. The van der Waals surface area contributed by atoms with Gasteiger partial charge in [-0.25, -0.2) is 4.57 Å². The van der Waals surface area contributed by atoms with Gasteiger partial charge in [-0.2, -0.15) is 0 Å². The molecule has 1 N–H and O–H groups in total. The van der Waals surface area contributed by atoms with Gasteiger partial charge in [0.05, 0.1) is 0 Å². The van der Waals surface area contributed by atoms with Crippen molar-refractivity contribution in [2.24, 2.45) is 0 Å². The standard InChI is InChI=1S/C15H12NO4P/c17-21(18,19-13-8-2-1-3-9-13)20-14-10-4-6-12-7-5-11-16-15(12)14/h1-11H,(H,17,18). The smallest absolute Gasteiger partial charge is 0.395 e. The average Bonchev–Trinajstić information content (AvgIpc) is 2.48. The Morgan fingerprint density at radius 2 is 1.67 bits per heavy atom. The number of hydrogen-bond acceptors (Lipinski definition) is 4. The monoisotopic (exact) mass is 301 g/mol. The van der Waals surface area contributed by atoms with E-state index in [1.165, 1.54) is 0 Å². The van der Waals surface area contributed by atoms with Crippen molar-refractivity contribution in [3.05, 3.63) is 66.9 Å². The van der Waals surface area contributed by atoms with Crippen LogP contribution in [0.4, 0.5) is 0 Å². The molecule has 0 fully saturated rings. The molecule has 0 radical (unpaired) electrons. The molecule has 0 aliphatic heterocycles. The van der Waals surface area contributed by atoms with Crippen molar-refractivity contribution in [2.75, 3.05) is 0 Å². The number of fused-ring (bicyclic) bond motifs is 1. The molecular formula is C15H12NO4P. The molecule has 3 aromatic rings. The van der Waals surface area contributed by atoms with E-state index in [0.717, 1.165) is 5.39 Å². The molecule has 1 unspecified atom stereocenters. The first-order valence-electron chi connectivity index (χ1n) is 6.25. The van der Waals surface area contributed by atoms with Crippen molar-refractivity contribution >= 4 is 18.7 Å². The van der Waals surface area contributed by atoms with Gasteiger partial charge in [-0.1, -0.05) is 36.4 Å². The molecule has 3 rings (SSSR count). The number of nitrogens with zero attached hydrogens (tertiary/aromatic N) is 1. The van der Waals surface area contributed by atoms with Crippen LogP contribution in [0, 0.1) is 0 Å². The van der Waals surface area contributed by atoms with E-state index >= 15 is 0 Å². The van der Waals surface area contributed by atoms with Gasteiger partial charge in [-0.3, -0.25) is 9.88 Å². The fourth-order valence-electron chi connectivity index (χ4n) is 1.91. The molecule has 0 saturated heterocycles. The van der Waals surface area contributed by atoms with E-state index in [-0.39, 0.29) is 11.5 Å². The third-order valence-electron chi connectivity index (χ3n) is 2.77. The lowest BCUT2D eigenvalue weighted by Crippen LogP contribution is -2.00. The summed E-state index contributed by atoms with van der Waals surface area (Å²) >= 11 is 0. The van der Waals surface area contributed by atoms with Crippen LogP contribution < -0.4 is 9.05 Å². The number of pyridine rings is 1. The maximum atomic E-state index is 12.1. The summed E-state index contributed by atoms with van der Waals surface area (Å²) < 4.78 is 22.2. The Morgan fingerprint density at radius 3 is 2.48 bits per heavy atom. The topological polar surface area (TPSA) is 68.7 Å².